The Labute approximate surface area is 165 Å². The predicted molar refractivity (Wildman–Crippen MR) is 102 cm³/mol. The molecule has 2 amide bonds. The molecule has 3 N–H and O–H groups in total. The molecule has 8 nitrogen and oxygen atoms in total. The zero-order valence-corrected chi connectivity index (χ0v) is 16.8. The number of hydrogen-bond donors (Lipinski definition) is 3. The minimum absolute atomic E-state index is 0.0812. The van der Waals surface area contributed by atoms with Crippen LogP contribution in [0.15, 0.2) is 22.7 Å². The maximum atomic E-state index is 12.0. The summed E-state index contributed by atoms with van der Waals surface area (Å²) in [5.41, 5.74) is 6.22. The molecule has 0 saturated heterocycles. The van der Waals surface area contributed by atoms with Crippen molar-refractivity contribution in [3.05, 3.63) is 33.8 Å². The van der Waals surface area contributed by atoms with E-state index < -0.39 is 17.8 Å². The van der Waals surface area contributed by atoms with Gasteiger partial charge in [0.15, 0.2) is 5.11 Å². The van der Waals surface area contributed by atoms with E-state index in [0.29, 0.717) is 12.2 Å². The van der Waals surface area contributed by atoms with Gasteiger partial charge in [-0.1, -0.05) is 22.0 Å². The van der Waals surface area contributed by atoms with Crippen LogP contribution in [0.3, 0.4) is 0 Å². The van der Waals surface area contributed by atoms with Crippen LogP contribution in [-0.4, -0.2) is 43.2 Å². The Kier molecular flexibility index (Phi) is 9.78. The Morgan fingerprint density at radius 1 is 1.15 bits per heavy atom. The van der Waals surface area contributed by atoms with Gasteiger partial charge in [-0.3, -0.25) is 25.2 Å². The number of hydrogen-bond acceptors (Lipinski definition) is 6. The van der Waals surface area contributed by atoms with Crippen molar-refractivity contribution in [2.24, 2.45) is 0 Å². The molecule has 0 spiro atoms. The summed E-state index contributed by atoms with van der Waals surface area (Å²) < 4.78 is 10.4. The molecule has 1 aromatic rings. The van der Waals surface area contributed by atoms with Crippen molar-refractivity contribution < 1.29 is 23.9 Å². The average Bonchev–Trinajstić information content (AvgIpc) is 2.60. The Hall–Kier alpha value is -2.04. The SMILES string of the molecule is COCCOC(=O)CCC(=O)NC(=S)NNC(=O)c1ccc(C)c(Br)c1. The molecule has 0 aliphatic carbocycles. The van der Waals surface area contributed by atoms with Gasteiger partial charge in [0.2, 0.25) is 5.91 Å². The molecule has 0 heterocycles. The summed E-state index contributed by atoms with van der Waals surface area (Å²) in [7, 11) is 1.49. The third-order valence-corrected chi connectivity index (χ3v) is 4.14. The van der Waals surface area contributed by atoms with Crippen molar-refractivity contribution in [3.8, 4) is 0 Å². The molecule has 0 atom stereocenters. The smallest absolute Gasteiger partial charge is 0.306 e. The molecule has 0 aliphatic rings. The molecule has 0 aromatic heterocycles. The number of aryl methyl sites for hydroxylation is 1. The topological polar surface area (TPSA) is 106 Å². The van der Waals surface area contributed by atoms with Crippen LogP contribution in [0.1, 0.15) is 28.8 Å². The highest BCUT2D eigenvalue weighted by atomic mass is 79.9. The standard InChI is InChI=1S/C16H20BrN3O5S/c1-10-3-4-11(9-12(10)17)15(23)19-20-16(26)18-13(21)5-6-14(22)25-8-7-24-2/h3-4,9H,5-8H2,1-2H3,(H,19,23)(H2,18,20,21,26). The first kappa shape index (κ1) is 22.0. The quantitative estimate of drug-likeness (QED) is 0.251. The minimum atomic E-state index is -0.505. The molecule has 0 aliphatic heterocycles. The Morgan fingerprint density at radius 3 is 2.54 bits per heavy atom. The lowest BCUT2D eigenvalue weighted by atomic mass is 10.1. The van der Waals surface area contributed by atoms with Crippen molar-refractivity contribution in [2.45, 2.75) is 19.8 Å². The van der Waals surface area contributed by atoms with Crippen LogP contribution in [0.5, 0.6) is 0 Å². The molecule has 0 saturated carbocycles. The lowest BCUT2D eigenvalue weighted by molar-refractivity contribution is -0.146. The van der Waals surface area contributed by atoms with Gasteiger partial charge in [0.25, 0.3) is 5.91 Å². The summed E-state index contributed by atoms with van der Waals surface area (Å²) >= 11 is 8.26. The molecule has 26 heavy (non-hydrogen) atoms. The maximum Gasteiger partial charge on any atom is 0.306 e. The van der Waals surface area contributed by atoms with Gasteiger partial charge in [0, 0.05) is 23.6 Å². The van der Waals surface area contributed by atoms with Crippen LogP contribution in [-0.2, 0) is 19.1 Å². The first-order chi connectivity index (χ1) is 12.3. The van der Waals surface area contributed by atoms with Crippen LogP contribution in [0.25, 0.3) is 0 Å². The van der Waals surface area contributed by atoms with Crippen molar-refractivity contribution >= 4 is 51.0 Å². The number of ether oxygens (including phenoxy) is 2. The summed E-state index contributed by atoms with van der Waals surface area (Å²) in [6.45, 7) is 2.34. The molecular formula is C16H20BrN3O5S. The number of carbonyl (C=O) groups excluding carboxylic acids is 3. The first-order valence-corrected chi connectivity index (χ1v) is 8.84. The second-order valence-corrected chi connectivity index (χ2v) is 6.40. The van der Waals surface area contributed by atoms with Crippen molar-refractivity contribution in [2.75, 3.05) is 20.3 Å². The van der Waals surface area contributed by atoms with Gasteiger partial charge in [-0.2, -0.15) is 0 Å². The van der Waals surface area contributed by atoms with Crippen LogP contribution in [0.4, 0.5) is 0 Å². The van der Waals surface area contributed by atoms with Gasteiger partial charge in [0.1, 0.15) is 6.61 Å². The fraction of sp³-hybridized carbons (Fsp3) is 0.375. The van der Waals surface area contributed by atoms with Gasteiger partial charge in [-0.15, -0.1) is 0 Å². The summed E-state index contributed by atoms with van der Waals surface area (Å²) in [5, 5.41) is 2.27. The maximum absolute atomic E-state index is 12.0. The number of rotatable bonds is 7. The Morgan fingerprint density at radius 2 is 1.88 bits per heavy atom. The van der Waals surface area contributed by atoms with Crippen LogP contribution < -0.4 is 16.2 Å². The van der Waals surface area contributed by atoms with Crippen LogP contribution >= 0.6 is 28.1 Å². The Balaban J connectivity index is 2.30. The van der Waals surface area contributed by atoms with Gasteiger partial charge in [-0.05, 0) is 36.8 Å². The molecule has 1 rings (SSSR count). The van der Waals surface area contributed by atoms with E-state index in [1.807, 2.05) is 6.92 Å². The van der Waals surface area contributed by atoms with Gasteiger partial charge < -0.3 is 14.8 Å². The van der Waals surface area contributed by atoms with E-state index in [4.69, 9.17) is 21.7 Å². The number of hydrazine groups is 1. The van der Waals surface area contributed by atoms with E-state index in [1.54, 1.807) is 18.2 Å². The molecule has 10 heteroatoms. The van der Waals surface area contributed by atoms with Crippen molar-refractivity contribution in [1.29, 1.82) is 0 Å². The highest BCUT2D eigenvalue weighted by Gasteiger charge is 2.11. The van der Waals surface area contributed by atoms with Crippen molar-refractivity contribution in [1.82, 2.24) is 16.2 Å². The third-order valence-electron chi connectivity index (χ3n) is 3.08. The zero-order chi connectivity index (χ0) is 19.5. The highest BCUT2D eigenvalue weighted by Crippen LogP contribution is 2.17. The molecule has 0 bridgehead atoms. The summed E-state index contributed by atoms with van der Waals surface area (Å²) in [4.78, 5) is 35.1. The molecule has 142 valence electrons. The molecule has 0 unspecified atom stereocenters. The fourth-order valence-electron chi connectivity index (χ4n) is 1.67. The van der Waals surface area contributed by atoms with Gasteiger partial charge in [-0.25, -0.2) is 0 Å². The molecule has 0 radical (unpaired) electrons. The summed E-state index contributed by atoms with van der Waals surface area (Å²) in [5.74, 6) is -1.39. The lowest BCUT2D eigenvalue weighted by Gasteiger charge is -2.11. The monoisotopic (exact) mass is 445 g/mol. The third kappa shape index (κ3) is 8.37. The number of benzene rings is 1. The number of amides is 2. The second kappa shape index (κ2) is 11.6. The summed E-state index contributed by atoms with van der Waals surface area (Å²) in [6, 6.07) is 5.13. The Bertz CT molecular complexity index is 684. The molecular weight excluding hydrogens is 426 g/mol. The van der Waals surface area contributed by atoms with E-state index in [9.17, 15) is 14.4 Å². The lowest BCUT2D eigenvalue weighted by Crippen LogP contribution is -2.48. The average molecular weight is 446 g/mol. The van der Waals surface area contributed by atoms with Crippen LogP contribution in [0, 0.1) is 6.92 Å². The van der Waals surface area contributed by atoms with E-state index in [0.717, 1.165) is 10.0 Å². The number of halogens is 1. The molecule has 1 aromatic carbocycles. The van der Waals surface area contributed by atoms with E-state index in [1.165, 1.54) is 7.11 Å². The minimum Gasteiger partial charge on any atom is -0.463 e. The summed E-state index contributed by atoms with van der Waals surface area (Å²) in [6.07, 6.45) is -0.172. The normalized spacial score (nSPS) is 9.96. The highest BCUT2D eigenvalue weighted by molar-refractivity contribution is 9.10. The predicted octanol–water partition coefficient (Wildman–Crippen LogP) is 1.36. The number of esters is 1. The number of nitrogens with one attached hydrogen (secondary N) is 3. The van der Waals surface area contributed by atoms with E-state index in [-0.39, 0.29) is 24.6 Å². The van der Waals surface area contributed by atoms with E-state index in [2.05, 4.69) is 32.1 Å². The largest absolute Gasteiger partial charge is 0.463 e. The fourth-order valence-corrected chi connectivity index (χ4v) is 2.21. The zero-order valence-electron chi connectivity index (χ0n) is 14.4. The number of carbonyl (C=O) groups is 3. The molecule has 0 fully saturated rings. The van der Waals surface area contributed by atoms with Crippen molar-refractivity contribution in [3.63, 3.8) is 0 Å². The van der Waals surface area contributed by atoms with Crippen LogP contribution in [0.2, 0.25) is 0 Å². The first-order valence-electron chi connectivity index (χ1n) is 7.64. The van der Waals surface area contributed by atoms with Gasteiger partial charge in [0.05, 0.1) is 13.0 Å². The second-order valence-electron chi connectivity index (χ2n) is 5.13. The van der Waals surface area contributed by atoms with E-state index >= 15 is 0 Å². The van der Waals surface area contributed by atoms with Gasteiger partial charge >= 0.3 is 5.97 Å². The number of thiocarbonyl (C=S) groups is 1. The number of methoxy groups -OCH3 is 1.